The lowest BCUT2D eigenvalue weighted by Gasteiger charge is -2.13. The minimum Gasteiger partial charge on any atom is -0.395 e. The Balaban J connectivity index is 1.33. The van der Waals surface area contributed by atoms with Gasteiger partial charge < -0.3 is 21.1 Å². The molecule has 202 valence electrons. The van der Waals surface area contributed by atoms with Crippen LogP contribution in [0.4, 0.5) is 5.69 Å². The van der Waals surface area contributed by atoms with Crippen LogP contribution in [0.2, 0.25) is 10.0 Å². The van der Waals surface area contributed by atoms with Gasteiger partial charge in [-0.2, -0.15) is 0 Å². The summed E-state index contributed by atoms with van der Waals surface area (Å²) >= 11 is 16.2. The lowest BCUT2D eigenvalue weighted by Crippen LogP contribution is -2.22. The molecule has 5 rings (SSSR count). The van der Waals surface area contributed by atoms with Crippen LogP contribution in [-0.2, 0) is 25.9 Å². The second kappa shape index (κ2) is 12.6. The molecule has 1 aliphatic heterocycles. The van der Waals surface area contributed by atoms with Crippen molar-refractivity contribution in [2.75, 3.05) is 25.0 Å². The maximum atomic E-state index is 13.1. The van der Waals surface area contributed by atoms with E-state index in [1.165, 1.54) is 22.7 Å². The van der Waals surface area contributed by atoms with Gasteiger partial charge in [-0.25, -0.2) is 9.97 Å². The van der Waals surface area contributed by atoms with Crippen molar-refractivity contribution in [1.29, 1.82) is 0 Å². The van der Waals surface area contributed by atoms with Crippen LogP contribution in [0.5, 0.6) is 0 Å². The summed E-state index contributed by atoms with van der Waals surface area (Å²) in [7, 11) is 0. The maximum Gasteiger partial charge on any atom is 0.284 e. The molecule has 0 aliphatic carbocycles. The second-order valence-electron chi connectivity index (χ2n) is 8.85. The van der Waals surface area contributed by atoms with E-state index in [0.717, 1.165) is 35.0 Å². The molecule has 0 unspecified atom stereocenters. The zero-order valence-corrected chi connectivity index (χ0v) is 23.9. The average Bonchev–Trinajstić information content (AvgIpc) is 3.59. The standard InChI is InChI=1S/C27H25Cl2N5O3S2/c28-23-15(11-21(36)26-34-19-7-8-30-14-22(19)39-26)3-1-4-17(23)18-5-2-6-20(24(18)29)33-25(37)27-32-13-16(38-27)12-31-9-10-35/h1-6,13,30-31,35H,7-12,14H2,(H,33,37). The van der Waals surface area contributed by atoms with E-state index in [1.54, 1.807) is 18.3 Å². The average molecular weight is 603 g/mol. The van der Waals surface area contributed by atoms with Gasteiger partial charge in [-0.05, 0) is 11.6 Å². The number of aliphatic hydroxyl groups excluding tert-OH is 1. The van der Waals surface area contributed by atoms with E-state index in [0.29, 0.717) is 55.5 Å². The Morgan fingerprint density at radius 1 is 1.05 bits per heavy atom. The van der Waals surface area contributed by atoms with E-state index >= 15 is 0 Å². The number of anilines is 1. The zero-order valence-electron chi connectivity index (χ0n) is 20.7. The first kappa shape index (κ1) is 27.9. The topological polar surface area (TPSA) is 116 Å². The molecule has 0 fully saturated rings. The van der Waals surface area contributed by atoms with E-state index < -0.39 is 0 Å². The number of hydrogen-bond donors (Lipinski definition) is 4. The first-order valence-corrected chi connectivity index (χ1v) is 14.7. The first-order chi connectivity index (χ1) is 18.9. The minimum atomic E-state index is -0.376. The molecular weight excluding hydrogens is 577 g/mol. The Morgan fingerprint density at radius 2 is 1.85 bits per heavy atom. The van der Waals surface area contributed by atoms with E-state index in [9.17, 15) is 9.59 Å². The molecule has 3 heterocycles. The molecule has 0 bridgehead atoms. The molecule has 0 saturated heterocycles. The van der Waals surface area contributed by atoms with Gasteiger partial charge in [0.15, 0.2) is 15.8 Å². The van der Waals surface area contributed by atoms with Crippen molar-refractivity contribution >= 4 is 63.3 Å². The molecule has 0 saturated carbocycles. The third kappa shape index (κ3) is 6.38. The third-order valence-corrected chi connectivity index (χ3v) is 9.13. The number of Topliss-reactive ketones (excluding diaryl/α,β-unsaturated/α-hetero) is 1. The lowest BCUT2D eigenvalue weighted by molar-refractivity contribution is 0.0990. The monoisotopic (exact) mass is 601 g/mol. The van der Waals surface area contributed by atoms with Gasteiger partial charge in [0.25, 0.3) is 5.91 Å². The normalized spacial score (nSPS) is 12.8. The number of carbonyl (C=O) groups is 2. The molecule has 0 spiro atoms. The maximum absolute atomic E-state index is 13.1. The highest BCUT2D eigenvalue weighted by molar-refractivity contribution is 7.14. The number of carbonyl (C=O) groups excluding carboxylic acids is 2. The zero-order chi connectivity index (χ0) is 27.4. The number of thiazole rings is 2. The van der Waals surface area contributed by atoms with Crippen molar-refractivity contribution < 1.29 is 14.7 Å². The summed E-state index contributed by atoms with van der Waals surface area (Å²) in [5.41, 5.74) is 3.41. The smallest absolute Gasteiger partial charge is 0.284 e. The number of aromatic nitrogens is 2. The SMILES string of the molecule is O=C(Cc1cccc(-c2cccc(NC(=O)c3ncc(CNCCO)s3)c2Cl)c1Cl)c1nc2c(s1)CNCC2. The number of benzene rings is 2. The summed E-state index contributed by atoms with van der Waals surface area (Å²) < 4.78 is 0. The minimum absolute atomic E-state index is 0.0374. The molecular formula is C27H25Cl2N5O3S2. The van der Waals surface area contributed by atoms with Gasteiger partial charge >= 0.3 is 0 Å². The van der Waals surface area contributed by atoms with Crippen LogP contribution < -0.4 is 16.0 Å². The van der Waals surface area contributed by atoms with Crippen LogP contribution >= 0.6 is 45.9 Å². The fourth-order valence-corrected chi connectivity index (χ4v) is 6.58. The summed E-state index contributed by atoms with van der Waals surface area (Å²) in [6.45, 7) is 2.63. The summed E-state index contributed by atoms with van der Waals surface area (Å²) in [5.74, 6) is -0.450. The van der Waals surface area contributed by atoms with Gasteiger partial charge in [0.05, 0.1) is 28.0 Å². The largest absolute Gasteiger partial charge is 0.395 e. The fourth-order valence-electron chi connectivity index (χ4n) is 4.21. The van der Waals surface area contributed by atoms with Gasteiger partial charge in [-0.15, -0.1) is 22.7 Å². The number of amides is 1. The molecule has 0 radical (unpaired) electrons. The molecule has 4 aromatic rings. The molecule has 1 amide bonds. The third-order valence-electron chi connectivity index (χ3n) is 6.14. The van der Waals surface area contributed by atoms with E-state index in [4.69, 9.17) is 28.3 Å². The number of nitrogens with zero attached hydrogens (tertiary/aromatic N) is 2. The summed E-state index contributed by atoms with van der Waals surface area (Å²) in [6, 6.07) is 10.8. The lowest BCUT2D eigenvalue weighted by atomic mass is 9.99. The Kier molecular flexibility index (Phi) is 9.03. The van der Waals surface area contributed by atoms with Crippen molar-refractivity contribution in [3.8, 4) is 11.1 Å². The quantitative estimate of drug-likeness (QED) is 0.150. The van der Waals surface area contributed by atoms with Crippen LogP contribution in [0.15, 0.2) is 42.6 Å². The number of nitrogens with one attached hydrogen (secondary N) is 3. The van der Waals surface area contributed by atoms with Gasteiger partial charge in [0.1, 0.15) is 0 Å². The molecule has 4 N–H and O–H groups in total. The van der Waals surface area contributed by atoms with Crippen molar-refractivity contribution in [3.63, 3.8) is 0 Å². The number of hydrogen-bond acceptors (Lipinski definition) is 9. The number of aliphatic hydroxyl groups is 1. The molecule has 8 nitrogen and oxygen atoms in total. The number of ketones is 1. The van der Waals surface area contributed by atoms with E-state index in [-0.39, 0.29) is 24.7 Å². The molecule has 2 aromatic heterocycles. The Morgan fingerprint density at radius 3 is 2.64 bits per heavy atom. The van der Waals surface area contributed by atoms with Crippen LogP contribution in [0.25, 0.3) is 11.1 Å². The van der Waals surface area contributed by atoms with Gasteiger partial charge in [-0.1, -0.05) is 53.5 Å². The number of fused-ring (bicyclic) bond motifs is 1. The summed E-state index contributed by atoms with van der Waals surface area (Å²) in [6.07, 6.45) is 2.58. The van der Waals surface area contributed by atoms with E-state index in [1.807, 2.05) is 24.3 Å². The van der Waals surface area contributed by atoms with Crippen molar-refractivity contribution in [3.05, 3.63) is 83.7 Å². The molecule has 1 aliphatic rings. The van der Waals surface area contributed by atoms with Crippen molar-refractivity contribution in [2.24, 2.45) is 0 Å². The molecule has 12 heteroatoms. The Hall–Kier alpha value is -2.70. The van der Waals surface area contributed by atoms with Crippen LogP contribution in [-0.4, -0.2) is 46.5 Å². The summed E-state index contributed by atoms with van der Waals surface area (Å²) in [5, 5.41) is 19.7. The second-order valence-corrected chi connectivity index (χ2v) is 11.8. The summed E-state index contributed by atoms with van der Waals surface area (Å²) in [4.78, 5) is 36.7. The molecule has 2 aromatic carbocycles. The predicted molar refractivity (Wildman–Crippen MR) is 156 cm³/mol. The van der Waals surface area contributed by atoms with Crippen LogP contribution in [0, 0.1) is 0 Å². The van der Waals surface area contributed by atoms with Gasteiger partial charge in [-0.3, -0.25) is 9.59 Å². The van der Waals surface area contributed by atoms with Crippen LogP contribution in [0.3, 0.4) is 0 Å². The number of rotatable bonds is 10. The highest BCUT2D eigenvalue weighted by atomic mass is 35.5. The van der Waals surface area contributed by atoms with Crippen molar-refractivity contribution in [1.82, 2.24) is 20.6 Å². The molecule has 39 heavy (non-hydrogen) atoms. The van der Waals surface area contributed by atoms with Crippen molar-refractivity contribution in [2.45, 2.75) is 25.9 Å². The van der Waals surface area contributed by atoms with E-state index in [2.05, 4.69) is 25.9 Å². The Bertz CT molecular complexity index is 1500. The van der Waals surface area contributed by atoms with Crippen LogP contribution in [0.1, 0.15) is 40.6 Å². The van der Waals surface area contributed by atoms with Gasteiger partial charge in [0.2, 0.25) is 0 Å². The highest BCUT2D eigenvalue weighted by Gasteiger charge is 2.21. The Labute approximate surface area is 243 Å². The predicted octanol–water partition coefficient (Wildman–Crippen LogP) is 4.98. The number of halogens is 2. The highest BCUT2D eigenvalue weighted by Crippen LogP contribution is 2.39. The first-order valence-electron chi connectivity index (χ1n) is 12.3. The van der Waals surface area contributed by atoms with Gasteiger partial charge in [0, 0.05) is 66.1 Å². The molecule has 0 atom stereocenters. The fraction of sp³-hybridized carbons (Fsp3) is 0.259.